The Bertz CT molecular complexity index is 1550. The fourth-order valence-corrected chi connectivity index (χ4v) is 5.11. The van der Waals surface area contributed by atoms with E-state index in [1.807, 2.05) is 36.6 Å². The minimum atomic E-state index is -1.41. The number of nitrogens with one attached hydrogen (secondary N) is 2. The third kappa shape index (κ3) is 6.89. The van der Waals surface area contributed by atoms with Crippen LogP contribution in [0.4, 0.5) is 10.8 Å². The highest BCUT2D eigenvalue weighted by molar-refractivity contribution is 8.00. The summed E-state index contributed by atoms with van der Waals surface area (Å²) < 4.78 is 0. The number of nitrogens with zero attached hydrogens (tertiary/aromatic N) is 1. The molecule has 0 saturated heterocycles. The molecule has 198 valence electrons. The standard InChI is InChI=1S/C28H23N3O6S2/c1-15-3-5-17(6-4-15)23-14-38-28(30-23)31-24(32)16(2)39-20-10-8-19(9-11-20)29-25(33)21-12-7-18(26(34)35)13-22(21)27(36)37/h3-14,16H,1-2H3,(H,29,33)(H,34,35)(H,36,37)(H,30,31,32). The summed E-state index contributed by atoms with van der Waals surface area (Å²) in [4.78, 5) is 53.3. The van der Waals surface area contributed by atoms with Gasteiger partial charge in [-0.05, 0) is 56.3 Å². The maximum atomic E-state index is 12.7. The monoisotopic (exact) mass is 561 g/mol. The number of carbonyl (C=O) groups excluding carboxylic acids is 2. The molecular weight excluding hydrogens is 538 g/mol. The number of aromatic carboxylic acids is 2. The number of hydrogen-bond acceptors (Lipinski definition) is 7. The van der Waals surface area contributed by atoms with Crippen molar-refractivity contribution in [3.05, 3.63) is 94.4 Å². The van der Waals surface area contributed by atoms with Gasteiger partial charge in [-0.1, -0.05) is 29.8 Å². The quantitative estimate of drug-likeness (QED) is 0.185. The number of carboxylic acids is 2. The first kappa shape index (κ1) is 27.6. The van der Waals surface area contributed by atoms with Crippen LogP contribution in [0.2, 0.25) is 0 Å². The molecule has 11 heteroatoms. The fourth-order valence-electron chi connectivity index (χ4n) is 3.52. The van der Waals surface area contributed by atoms with E-state index in [-0.39, 0.29) is 17.0 Å². The van der Waals surface area contributed by atoms with E-state index in [1.54, 1.807) is 31.2 Å². The van der Waals surface area contributed by atoms with Crippen molar-refractivity contribution in [3.8, 4) is 11.3 Å². The van der Waals surface area contributed by atoms with E-state index in [1.165, 1.54) is 35.2 Å². The van der Waals surface area contributed by atoms with Crippen LogP contribution in [-0.4, -0.2) is 44.2 Å². The van der Waals surface area contributed by atoms with Crippen molar-refractivity contribution in [2.24, 2.45) is 0 Å². The number of rotatable bonds is 9. The summed E-state index contributed by atoms with van der Waals surface area (Å²) >= 11 is 2.68. The van der Waals surface area contributed by atoms with Gasteiger partial charge >= 0.3 is 11.9 Å². The number of thioether (sulfide) groups is 1. The lowest BCUT2D eigenvalue weighted by Crippen LogP contribution is -2.22. The van der Waals surface area contributed by atoms with Crippen LogP contribution in [0.3, 0.4) is 0 Å². The number of carbonyl (C=O) groups is 4. The lowest BCUT2D eigenvalue weighted by Gasteiger charge is -2.12. The molecule has 1 heterocycles. The number of amides is 2. The third-order valence-corrected chi connectivity index (χ3v) is 7.49. The SMILES string of the molecule is Cc1ccc(-c2csc(NC(=O)C(C)Sc3ccc(NC(=O)c4ccc(C(=O)O)cc4C(=O)O)cc3)n2)cc1. The van der Waals surface area contributed by atoms with Crippen LogP contribution in [-0.2, 0) is 4.79 Å². The van der Waals surface area contributed by atoms with Crippen LogP contribution in [0.15, 0.2) is 77.0 Å². The van der Waals surface area contributed by atoms with Crippen LogP contribution < -0.4 is 10.6 Å². The lowest BCUT2D eigenvalue weighted by atomic mass is 10.0. The highest BCUT2D eigenvalue weighted by Gasteiger charge is 2.20. The maximum absolute atomic E-state index is 12.7. The van der Waals surface area contributed by atoms with Gasteiger partial charge in [0, 0.05) is 21.5 Å². The van der Waals surface area contributed by atoms with Gasteiger partial charge < -0.3 is 20.8 Å². The average molecular weight is 562 g/mol. The second-order valence-corrected chi connectivity index (χ2v) is 10.8. The molecule has 0 spiro atoms. The molecule has 4 N–H and O–H groups in total. The summed E-state index contributed by atoms with van der Waals surface area (Å²) in [5.74, 6) is -3.59. The van der Waals surface area contributed by atoms with Gasteiger partial charge in [0.05, 0.1) is 27.6 Å². The Hall–Kier alpha value is -4.48. The fraction of sp³-hybridized carbons (Fsp3) is 0.107. The van der Waals surface area contributed by atoms with Crippen molar-refractivity contribution in [1.82, 2.24) is 4.98 Å². The number of hydrogen-bond donors (Lipinski definition) is 4. The Kier molecular flexibility index (Phi) is 8.43. The molecule has 0 bridgehead atoms. The van der Waals surface area contributed by atoms with Crippen LogP contribution in [0, 0.1) is 6.92 Å². The molecule has 0 aliphatic carbocycles. The van der Waals surface area contributed by atoms with Crippen molar-refractivity contribution >= 4 is 57.7 Å². The van der Waals surface area contributed by atoms with E-state index in [0.717, 1.165) is 27.8 Å². The molecule has 1 atom stereocenters. The summed E-state index contributed by atoms with van der Waals surface area (Å²) in [5, 5.41) is 25.9. The molecule has 4 aromatic rings. The van der Waals surface area contributed by atoms with Gasteiger partial charge in [0.2, 0.25) is 5.91 Å². The second kappa shape index (κ2) is 11.9. The molecular formula is C28H23N3O6S2. The van der Waals surface area contributed by atoms with Crippen LogP contribution in [0.25, 0.3) is 11.3 Å². The van der Waals surface area contributed by atoms with Gasteiger partial charge in [-0.2, -0.15) is 0 Å². The summed E-state index contributed by atoms with van der Waals surface area (Å²) in [6, 6.07) is 18.0. The van der Waals surface area contributed by atoms with Crippen molar-refractivity contribution < 1.29 is 29.4 Å². The molecule has 0 saturated carbocycles. The molecule has 0 radical (unpaired) electrons. The molecule has 3 aromatic carbocycles. The van der Waals surface area contributed by atoms with E-state index < -0.39 is 28.7 Å². The Morgan fingerprint density at radius 2 is 1.56 bits per heavy atom. The smallest absolute Gasteiger partial charge is 0.336 e. The van der Waals surface area contributed by atoms with Gasteiger partial charge in [0.15, 0.2) is 5.13 Å². The summed E-state index contributed by atoms with van der Waals surface area (Å²) in [6.45, 7) is 3.79. The summed E-state index contributed by atoms with van der Waals surface area (Å²) in [7, 11) is 0. The molecule has 4 rings (SSSR count). The molecule has 0 fully saturated rings. The van der Waals surface area contributed by atoms with Crippen LogP contribution in [0.1, 0.15) is 43.6 Å². The van der Waals surface area contributed by atoms with Crippen molar-refractivity contribution in [1.29, 1.82) is 0 Å². The van der Waals surface area contributed by atoms with Gasteiger partial charge in [0.1, 0.15) is 0 Å². The van der Waals surface area contributed by atoms with Gasteiger partial charge in [-0.25, -0.2) is 14.6 Å². The normalized spacial score (nSPS) is 11.4. The van der Waals surface area contributed by atoms with Gasteiger partial charge in [0.25, 0.3) is 5.91 Å². The van der Waals surface area contributed by atoms with Gasteiger partial charge in [-0.3, -0.25) is 9.59 Å². The molecule has 0 aliphatic rings. The van der Waals surface area contributed by atoms with Crippen molar-refractivity contribution in [3.63, 3.8) is 0 Å². The molecule has 9 nitrogen and oxygen atoms in total. The topological polar surface area (TPSA) is 146 Å². The Morgan fingerprint density at radius 1 is 0.872 bits per heavy atom. The maximum Gasteiger partial charge on any atom is 0.336 e. The van der Waals surface area contributed by atoms with E-state index in [9.17, 15) is 24.3 Å². The summed E-state index contributed by atoms with van der Waals surface area (Å²) in [6.07, 6.45) is 0. The Morgan fingerprint density at radius 3 is 2.21 bits per heavy atom. The Balaban J connectivity index is 1.35. The van der Waals surface area contributed by atoms with Gasteiger partial charge in [-0.15, -0.1) is 23.1 Å². The predicted octanol–water partition coefficient (Wildman–Crippen LogP) is 5.89. The van der Waals surface area contributed by atoms with E-state index in [0.29, 0.717) is 10.8 Å². The first-order valence-electron chi connectivity index (χ1n) is 11.6. The lowest BCUT2D eigenvalue weighted by molar-refractivity contribution is -0.115. The van der Waals surface area contributed by atoms with E-state index in [4.69, 9.17) is 5.11 Å². The van der Waals surface area contributed by atoms with Crippen molar-refractivity contribution in [2.45, 2.75) is 24.0 Å². The zero-order valence-electron chi connectivity index (χ0n) is 20.8. The second-order valence-electron chi connectivity index (χ2n) is 8.50. The third-order valence-electron chi connectivity index (χ3n) is 5.62. The zero-order valence-corrected chi connectivity index (χ0v) is 22.4. The first-order valence-corrected chi connectivity index (χ1v) is 13.4. The van der Waals surface area contributed by atoms with Crippen molar-refractivity contribution in [2.75, 3.05) is 10.6 Å². The number of aryl methyl sites for hydroxylation is 1. The molecule has 0 aliphatic heterocycles. The minimum Gasteiger partial charge on any atom is -0.478 e. The number of thiazole rings is 1. The first-order chi connectivity index (χ1) is 18.6. The molecule has 2 amide bonds. The van der Waals surface area contributed by atoms with Crippen LogP contribution in [0.5, 0.6) is 0 Å². The largest absolute Gasteiger partial charge is 0.478 e. The minimum absolute atomic E-state index is 0.163. The predicted molar refractivity (Wildman–Crippen MR) is 151 cm³/mol. The number of aromatic nitrogens is 1. The highest BCUT2D eigenvalue weighted by Crippen LogP contribution is 2.28. The summed E-state index contributed by atoms with van der Waals surface area (Å²) in [5.41, 5.74) is 2.53. The van der Waals surface area contributed by atoms with E-state index >= 15 is 0 Å². The molecule has 1 aromatic heterocycles. The highest BCUT2D eigenvalue weighted by atomic mass is 32.2. The molecule has 39 heavy (non-hydrogen) atoms. The zero-order chi connectivity index (χ0) is 28.1. The number of anilines is 2. The van der Waals surface area contributed by atoms with E-state index in [2.05, 4.69) is 15.6 Å². The van der Waals surface area contributed by atoms with Crippen LogP contribution >= 0.6 is 23.1 Å². The average Bonchev–Trinajstić information content (AvgIpc) is 3.38. The number of carboxylic acid groups (broad SMARTS) is 2. The number of benzene rings is 3. The molecule has 1 unspecified atom stereocenters. The Labute approximate surface area is 231 Å².